The molecule has 2 aliphatic heterocycles. The molecule has 160 valence electrons. The van der Waals surface area contributed by atoms with E-state index in [1.54, 1.807) is 0 Å². The topological polar surface area (TPSA) is 76.4 Å². The highest BCUT2D eigenvalue weighted by Gasteiger charge is 2.43. The highest BCUT2D eigenvalue weighted by atomic mass is 16.5. The van der Waals surface area contributed by atoms with E-state index >= 15 is 0 Å². The first-order valence-corrected chi connectivity index (χ1v) is 11.5. The minimum atomic E-state index is -0.0323. The van der Waals surface area contributed by atoms with E-state index in [1.165, 1.54) is 31.2 Å². The number of fused-ring (bicyclic) bond motifs is 2. The van der Waals surface area contributed by atoms with Crippen molar-refractivity contribution in [3.05, 3.63) is 41.5 Å². The second-order valence-electron chi connectivity index (χ2n) is 8.77. The Bertz CT molecular complexity index is 914. The van der Waals surface area contributed by atoms with Gasteiger partial charge in [-0.2, -0.15) is 0 Å². The van der Waals surface area contributed by atoms with E-state index in [1.807, 2.05) is 0 Å². The smallest absolute Gasteiger partial charge is 0.192 e. The minimum Gasteiger partial charge on any atom is -0.487 e. The molecular weight excluding hydrogens is 376 g/mol. The summed E-state index contributed by atoms with van der Waals surface area (Å²) in [4.78, 5) is 4.88. The lowest BCUT2D eigenvalue weighted by molar-refractivity contribution is 0.0396. The monoisotopic (exact) mass is 408 g/mol. The van der Waals surface area contributed by atoms with Crippen LogP contribution < -0.4 is 15.4 Å². The Morgan fingerprint density at radius 3 is 2.93 bits per heavy atom. The second-order valence-corrected chi connectivity index (χ2v) is 8.77. The first-order chi connectivity index (χ1) is 14.8. The molecule has 3 heterocycles. The fourth-order valence-corrected chi connectivity index (χ4v) is 5.19. The molecule has 1 aromatic heterocycles. The molecule has 0 amide bonds. The van der Waals surface area contributed by atoms with E-state index in [0.29, 0.717) is 6.54 Å². The van der Waals surface area contributed by atoms with E-state index < -0.39 is 0 Å². The van der Waals surface area contributed by atoms with Gasteiger partial charge in [0.2, 0.25) is 0 Å². The summed E-state index contributed by atoms with van der Waals surface area (Å²) >= 11 is 0. The maximum atomic E-state index is 6.51. The van der Waals surface area contributed by atoms with Crippen molar-refractivity contribution < 1.29 is 4.74 Å². The number of rotatable bonds is 4. The lowest BCUT2D eigenvalue weighted by Crippen LogP contribution is -2.46. The molecule has 30 heavy (non-hydrogen) atoms. The molecule has 1 aromatic carbocycles. The van der Waals surface area contributed by atoms with E-state index in [0.717, 1.165) is 62.1 Å². The van der Waals surface area contributed by atoms with E-state index in [4.69, 9.17) is 9.73 Å². The third-order valence-electron chi connectivity index (χ3n) is 6.68. The van der Waals surface area contributed by atoms with Gasteiger partial charge in [0.1, 0.15) is 23.7 Å². The molecule has 1 saturated carbocycles. The van der Waals surface area contributed by atoms with Crippen LogP contribution in [0.1, 0.15) is 75.1 Å². The molecule has 0 bridgehead atoms. The van der Waals surface area contributed by atoms with Gasteiger partial charge in [-0.25, -0.2) is 4.99 Å². The summed E-state index contributed by atoms with van der Waals surface area (Å²) in [6.07, 6.45) is 9.18. The van der Waals surface area contributed by atoms with Gasteiger partial charge in [-0.05, 0) is 51.5 Å². The highest BCUT2D eigenvalue weighted by molar-refractivity contribution is 5.80. The molecular formula is C23H32N6O. The van der Waals surface area contributed by atoms with Gasteiger partial charge in [0.15, 0.2) is 11.8 Å². The lowest BCUT2D eigenvalue weighted by atomic mass is 9.86. The summed E-state index contributed by atoms with van der Waals surface area (Å²) in [5, 5.41) is 15.9. The Kier molecular flexibility index (Phi) is 5.35. The highest BCUT2D eigenvalue weighted by Crippen LogP contribution is 2.46. The van der Waals surface area contributed by atoms with Gasteiger partial charge in [-0.3, -0.25) is 0 Å². The molecule has 5 rings (SSSR count). The maximum Gasteiger partial charge on any atom is 0.192 e. The van der Waals surface area contributed by atoms with Crippen LogP contribution in [0.3, 0.4) is 0 Å². The van der Waals surface area contributed by atoms with Crippen molar-refractivity contribution in [2.75, 3.05) is 6.54 Å². The Balaban J connectivity index is 1.37. The average molecular weight is 409 g/mol. The van der Waals surface area contributed by atoms with Gasteiger partial charge in [-0.15, -0.1) is 10.2 Å². The Labute approximate surface area is 178 Å². The number of guanidine groups is 1. The Morgan fingerprint density at radius 1 is 1.20 bits per heavy atom. The predicted octanol–water partition coefficient (Wildman–Crippen LogP) is 3.51. The van der Waals surface area contributed by atoms with Crippen LogP contribution in [0.25, 0.3) is 0 Å². The number of ether oxygens (including phenoxy) is 1. The van der Waals surface area contributed by atoms with Crippen molar-refractivity contribution in [1.82, 2.24) is 25.4 Å². The Morgan fingerprint density at radius 2 is 2.07 bits per heavy atom. The maximum absolute atomic E-state index is 6.51. The number of nitrogens with one attached hydrogen (secondary N) is 2. The average Bonchev–Trinajstić information content (AvgIpc) is 3.39. The zero-order valence-corrected chi connectivity index (χ0v) is 17.9. The molecule has 3 aliphatic rings. The molecule has 7 nitrogen and oxygen atoms in total. The van der Waals surface area contributed by atoms with Crippen molar-refractivity contribution in [1.29, 1.82) is 0 Å². The molecule has 1 aliphatic carbocycles. The Hall–Kier alpha value is -2.57. The van der Waals surface area contributed by atoms with Crippen LogP contribution >= 0.6 is 0 Å². The van der Waals surface area contributed by atoms with Gasteiger partial charge in [0.05, 0.1) is 6.04 Å². The van der Waals surface area contributed by atoms with Gasteiger partial charge in [-0.1, -0.05) is 18.2 Å². The fraction of sp³-hybridized carbons (Fsp3) is 0.609. The summed E-state index contributed by atoms with van der Waals surface area (Å²) in [6, 6.07) is 8.63. The lowest BCUT2D eigenvalue weighted by Gasteiger charge is -2.40. The van der Waals surface area contributed by atoms with Gasteiger partial charge in [0.25, 0.3) is 0 Å². The van der Waals surface area contributed by atoms with Crippen LogP contribution in [0, 0.1) is 0 Å². The molecule has 0 radical (unpaired) electrons. The van der Waals surface area contributed by atoms with E-state index in [2.05, 4.69) is 56.6 Å². The largest absolute Gasteiger partial charge is 0.487 e. The summed E-state index contributed by atoms with van der Waals surface area (Å²) in [5.74, 6) is 3.92. The predicted molar refractivity (Wildman–Crippen MR) is 117 cm³/mol. The molecule has 0 saturated heterocycles. The first-order valence-electron chi connectivity index (χ1n) is 11.5. The molecule has 7 heteroatoms. The second kappa shape index (κ2) is 8.28. The SMILES string of the molecule is CCNC(=NCc1nnc2n1CCCC2)NC1CC2(CCCC2)Oc2ccccc21. The van der Waals surface area contributed by atoms with Gasteiger partial charge < -0.3 is 19.9 Å². The summed E-state index contributed by atoms with van der Waals surface area (Å²) in [6.45, 7) is 4.47. The van der Waals surface area contributed by atoms with E-state index in [9.17, 15) is 0 Å². The quantitative estimate of drug-likeness (QED) is 0.598. The molecule has 1 atom stereocenters. The number of aliphatic imine (C=N–C) groups is 1. The van der Waals surface area contributed by atoms with Crippen LogP contribution in [-0.2, 0) is 19.5 Å². The summed E-state index contributed by atoms with van der Waals surface area (Å²) in [5.41, 5.74) is 1.19. The summed E-state index contributed by atoms with van der Waals surface area (Å²) in [7, 11) is 0. The third kappa shape index (κ3) is 3.77. The molecule has 1 spiro atoms. The molecule has 1 unspecified atom stereocenters. The number of para-hydroxylation sites is 1. The van der Waals surface area contributed by atoms with Crippen molar-refractivity contribution >= 4 is 5.96 Å². The normalized spacial score (nSPS) is 22.3. The zero-order valence-electron chi connectivity index (χ0n) is 17.9. The molecule has 2 N–H and O–H groups in total. The van der Waals surface area contributed by atoms with Crippen LogP contribution in [0.5, 0.6) is 5.75 Å². The van der Waals surface area contributed by atoms with Crippen molar-refractivity contribution in [3.63, 3.8) is 0 Å². The first kappa shape index (κ1) is 19.4. The molecule has 2 aromatic rings. The zero-order chi connectivity index (χ0) is 20.4. The standard InChI is InChI=1S/C23H32N6O/c1-2-24-22(25-16-21-28-27-20-11-5-8-14-29(20)21)26-18-15-23(12-6-7-13-23)30-19-10-4-3-9-17(18)19/h3-4,9-10,18H,2,5-8,11-16H2,1H3,(H2,24,25,26). The van der Waals surface area contributed by atoms with Crippen LogP contribution in [0.2, 0.25) is 0 Å². The number of hydrogen-bond donors (Lipinski definition) is 2. The molecule has 1 fully saturated rings. The number of aryl methyl sites for hydroxylation is 1. The van der Waals surface area contributed by atoms with Crippen molar-refractivity contribution in [3.8, 4) is 5.75 Å². The number of benzene rings is 1. The van der Waals surface area contributed by atoms with Crippen molar-refractivity contribution in [2.24, 2.45) is 4.99 Å². The van der Waals surface area contributed by atoms with Gasteiger partial charge >= 0.3 is 0 Å². The van der Waals surface area contributed by atoms with Crippen LogP contribution in [0.4, 0.5) is 0 Å². The van der Waals surface area contributed by atoms with Gasteiger partial charge in [0, 0.05) is 31.5 Å². The van der Waals surface area contributed by atoms with Crippen LogP contribution in [-0.4, -0.2) is 32.9 Å². The summed E-state index contributed by atoms with van der Waals surface area (Å²) < 4.78 is 8.76. The van der Waals surface area contributed by atoms with E-state index in [-0.39, 0.29) is 11.6 Å². The number of aromatic nitrogens is 3. The van der Waals surface area contributed by atoms with Crippen molar-refractivity contribution in [2.45, 2.75) is 83.0 Å². The third-order valence-corrected chi connectivity index (χ3v) is 6.68. The number of hydrogen-bond acceptors (Lipinski definition) is 4. The number of nitrogens with zero attached hydrogens (tertiary/aromatic N) is 4. The minimum absolute atomic E-state index is 0.0323. The fourth-order valence-electron chi connectivity index (χ4n) is 5.19. The van der Waals surface area contributed by atoms with Crippen LogP contribution in [0.15, 0.2) is 29.3 Å².